The Morgan fingerprint density at radius 1 is 1.41 bits per heavy atom. The number of rotatable bonds is 4. The van der Waals surface area contributed by atoms with E-state index in [1.54, 1.807) is 0 Å². The van der Waals surface area contributed by atoms with Crippen LogP contribution in [0.15, 0.2) is 12.1 Å². The smallest absolute Gasteiger partial charge is 0.420 e. The molecule has 6 heteroatoms. The van der Waals surface area contributed by atoms with Gasteiger partial charge in [0.1, 0.15) is 11.8 Å². The zero-order valence-electron chi connectivity index (χ0n) is 9.04. The van der Waals surface area contributed by atoms with Gasteiger partial charge in [0.25, 0.3) is 0 Å². The lowest BCUT2D eigenvalue weighted by Gasteiger charge is -2.15. The van der Waals surface area contributed by atoms with Crippen LogP contribution >= 0.6 is 0 Å². The minimum Gasteiger partial charge on any atom is -0.504 e. The van der Waals surface area contributed by atoms with Crippen LogP contribution in [0.1, 0.15) is 17.5 Å². The Kier molecular flexibility index (Phi) is 3.98. The molecule has 0 spiro atoms. The lowest BCUT2D eigenvalue weighted by Crippen LogP contribution is -2.08. The number of methoxy groups -OCH3 is 1. The Morgan fingerprint density at radius 2 is 2.06 bits per heavy atom. The maximum atomic E-state index is 12.6. The van der Waals surface area contributed by atoms with E-state index < -0.39 is 23.2 Å². The van der Waals surface area contributed by atoms with Crippen LogP contribution in [0.3, 0.4) is 0 Å². The van der Waals surface area contributed by atoms with E-state index in [4.69, 9.17) is 0 Å². The van der Waals surface area contributed by atoms with Gasteiger partial charge in [0.05, 0.1) is 7.11 Å². The predicted octanol–water partition coefficient (Wildman–Crippen LogP) is 2.55. The van der Waals surface area contributed by atoms with Crippen LogP contribution in [0.2, 0.25) is 0 Å². The summed E-state index contributed by atoms with van der Waals surface area (Å²) in [6.07, 6.45) is -3.67. The van der Waals surface area contributed by atoms with Crippen molar-refractivity contribution in [3.8, 4) is 11.5 Å². The number of aromatic hydroxyl groups is 1. The normalized spacial score (nSPS) is 11.3. The fourth-order valence-corrected chi connectivity index (χ4v) is 1.46. The molecule has 0 aromatic heterocycles. The molecule has 0 atom stereocenters. The number of carbonyl (C=O) groups is 1. The summed E-state index contributed by atoms with van der Waals surface area (Å²) in [5.41, 5.74) is -0.783. The lowest BCUT2D eigenvalue weighted by atomic mass is 10.0. The summed E-state index contributed by atoms with van der Waals surface area (Å²) >= 11 is 0. The molecule has 0 aliphatic carbocycles. The summed E-state index contributed by atoms with van der Waals surface area (Å²) in [4.78, 5) is 10.2. The van der Waals surface area contributed by atoms with E-state index in [1.807, 2.05) is 0 Å². The quantitative estimate of drug-likeness (QED) is 0.833. The first-order valence-electron chi connectivity index (χ1n) is 4.81. The van der Waals surface area contributed by atoms with Crippen molar-refractivity contribution in [2.75, 3.05) is 7.11 Å². The molecule has 94 valence electrons. The largest absolute Gasteiger partial charge is 0.504 e. The van der Waals surface area contributed by atoms with Crippen LogP contribution in [0, 0.1) is 0 Å². The zero-order valence-corrected chi connectivity index (χ0v) is 9.04. The topological polar surface area (TPSA) is 46.5 Å². The summed E-state index contributed by atoms with van der Waals surface area (Å²) in [5, 5.41) is 9.62. The molecule has 0 saturated heterocycles. The summed E-state index contributed by atoms with van der Waals surface area (Å²) in [7, 11) is 1.05. The van der Waals surface area contributed by atoms with E-state index in [2.05, 4.69) is 4.74 Å². The number of benzene rings is 1. The molecule has 0 heterocycles. The number of halogens is 3. The number of phenolic OH excluding ortho intramolecular Hbond substituents is 1. The van der Waals surface area contributed by atoms with Crippen molar-refractivity contribution in [2.24, 2.45) is 0 Å². The van der Waals surface area contributed by atoms with Gasteiger partial charge in [-0.05, 0) is 18.1 Å². The molecular weight excluding hydrogens is 237 g/mol. The number of hydrogen-bond acceptors (Lipinski definition) is 3. The van der Waals surface area contributed by atoms with Crippen LogP contribution in [0.4, 0.5) is 13.2 Å². The summed E-state index contributed by atoms with van der Waals surface area (Å²) in [6.45, 7) is 0. The second-order valence-corrected chi connectivity index (χ2v) is 3.36. The predicted molar refractivity (Wildman–Crippen MR) is 54.0 cm³/mol. The minimum absolute atomic E-state index is 0.127. The second kappa shape index (κ2) is 5.07. The average molecular weight is 248 g/mol. The van der Waals surface area contributed by atoms with E-state index in [0.717, 1.165) is 19.2 Å². The van der Waals surface area contributed by atoms with E-state index in [-0.39, 0.29) is 18.4 Å². The van der Waals surface area contributed by atoms with Crippen molar-refractivity contribution in [1.29, 1.82) is 0 Å². The third-order valence-corrected chi connectivity index (χ3v) is 2.26. The molecule has 1 rings (SSSR count). The van der Waals surface area contributed by atoms with Gasteiger partial charge in [0.2, 0.25) is 0 Å². The first-order chi connectivity index (χ1) is 7.91. The van der Waals surface area contributed by atoms with Gasteiger partial charge in [-0.15, -0.1) is 0 Å². The van der Waals surface area contributed by atoms with Gasteiger partial charge >= 0.3 is 6.18 Å². The van der Waals surface area contributed by atoms with Crippen molar-refractivity contribution in [3.63, 3.8) is 0 Å². The molecule has 0 amide bonds. The van der Waals surface area contributed by atoms with Gasteiger partial charge in [-0.3, -0.25) is 0 Å². The zero-order chi connectivity index (χ0) is 13.1. The van der Waals surface area contributed by atoms with Crippen molar-refractivity contribution in [1.82, 2.24) is 0 Å². The Balaban J connectivity index is 3.22. The molecule has 0 aliphatic rings. The van der Waals surface area contributed by atoms with Crippen LogP contribution in [0.25, 0.3) is 0 Å². The van der Waals surface area contributed by atoms with Crippen LogP contribution < -0.4 is 4.74 Å². The molecule has 17 heavy (non-hydrogen) atoms. The van der Waals surface area contributed by atoms with Crippen LogP contribution in [-0.2, 0) is 17.4 Å². The highest BCUT2D eigenvalue weighted by atomic mass is 19.4. The SMILES string of the molecule is COc1c(C(F)(F)F)ccc(CCC=O)c1O. The third kappa shape index (κ3) is 2.89. The summed E-state index contributed by atoms with van der Waals surface area (Å²) < 4.78 is 42.2. The molecule has 0 aliphatic heterocycles. The van der Waals surface area contributed by atoms with Gasteiger partial charge in [-0.2, -0.15) is 13.2 Å². The number of phenols is 1. The molecular formula is C11H11F3O3. The molecule has 0 saturated carbocycles. The average Bonchev–Trinajstić information content (AvgIpc) is 2.25. The Labute approximate surface area is 95.8 Å². The Morgan fingerprint density at radius 3 is 2.53 bits per heavy atom. The maximum Gasteiger partial charge on any atom is 0.420 e. The summed E-state index contributed by atoms with van der Waals surface area (Å²) in [5.74, 6) is -1.18. The van der Waals surface area contributed by atoms with Crippen molar-refractivity contribution < 1.29 is 27.8 Å². The van der Waals surface area contributed by atoms with Gasteiger partial charge in [0.15, 0.2) is 11.5 Å². The molecule has 1 N–H and O–H groups in total. The Bertz CT molecular complexity index is 413. The van der Waals surface area contributed by atoms with Gasteiger partial charge < -0.3 is 14.6 Å². The number of carbonyl (C=O) groups excluding carboxylic acids is 1. The molecule has 0 bridgehead atoms. The first-order valence-corrected chi connectivity index (χ1v) is 4.81. The van der Waals surface area contributed by atoms with Crippen LogP contribution in [0.5, 0.6) is 11.5 Å². The summed E-state index contributed by atoms with van der Waals surface area (Å²) in [6, 6.07) is 1.98. The first kappa shape index (κ1) is 13.3. The van der Waals surface area contributed by atoms with Gasteiger partial charge in [0, 0.05) is 6.42 Å². The fourth-order valence-electron chi connectivity index (χ4n) is 1.46. The fraction of sp³-hybridized carbons (Fsp3) is 0.364. The highest BCUT2D eigenvalue weighted by Crippen LogP contribution is 2.42. The van der Waals surface area contributed by atoms with E-state index in [9.17, 15) is 23.1 Å². The number of hydrogen-bond donors (Lipinski definition) is 1. The van der Waals surface area contributed by atoms with Gasteiger partial charge in [-0.1, -0.05) is 6.07 Å². The lowest BCUT2D eigenvalue weighted by molar-refractivity contribution is -0.138. The third-order valence-electron chi connectivity index (χ3n) is 2.26. The number of ether oxygens (including phenoxy) is 1. The highest BCUT2D eigenvalue weighted by molar-refractivity contribution is 5.55. The maximum absolute atomic E-state index is 12.6. The van der Waals surface area contributed by atoms with Gasteiger partial charge in [-0.25, -0.2) is 0 Å². The van der Waals surface area contributed by atoms with E-state index >= 15 is 0 Å². The van der Waals surface area contributed by atoms with E-state index in [1.165, 1.54) is 0 Å². The molecule has 0 fully saturated rings. The molecule has 3 nitrogen and oxygen atoms in total. The minimum atomic E-state index is -4.59. The number of alkyl halides is 3. The van der Waals surface area contributed by atoms with E-state index in [0.29, 0.717) is 6.29 Å². The molecule has 0 radical (unpaired) electrons. The standard InChI is InChI=1S/C11H11F3O3/c1-17-10-8(11(12,13)14)5-4-7(9(10)16)3-2-6-15/h4-6,16H,2-3H2,1H3. The van der Waals surface area contributed by atoms with Crippen molar-refractivity contribution >= 4 is 6.29 Å². The highest BCUT2D eigenvalue weighted by Gasteiger charge is 2.36. The van der Waals surface area contributed by atoms with Crippen LogP contribution in [-0.4, -0.2) is 18.5 Å². The monoisotopic (exact) mass is 248 g/mol. The number of aldehydes is 1. The molecule has 0 unspecified atom stereocenters. The Hall–Kier alpha value is -1.72. The van der Waals surface area contributed by atoms with Crippen molar-refractivity contribution in [2.45, 2.75) is 19.0 Å². The molecule has 1 aromatic carbocycles. The molecule has 1 aromatic rings. The second-order valence-electron chi connectivity index (χ2n) is 3.36. The van der Waals surface area contributed by atoms with Crippen molar-refractivity contribution in [3.05, 3.63) is 23.3 Å². The number of aryl methyl sites for hydroxylation is 1.